The van der Waals surface area contributed by atoms with Crippen molar-refractivity contribution in [2.45, 2.75) is 13.0 Å². The van der Waals surface area contributed by atoms with Crippen LogP contribution < -0.4 is 0 Å². The van der Waals surface area contributed by atoms with Crippen molar-refractivity contribution >= 4 is 5.97 Å². The van der Waals surface area contributed by atoms with E-state index in [1.54, 1.807) is 6.07 Å². The van der Waals surface area contributed by atoms with Gasteiger partial charge in [0.25, 0.3) is 0 Å². The first kappa shape index (κ1) is 8.31. The highest BCUT2D eigenvalue weighted by Gasteiger charge is 2.15. The van der Waals surface area contributed by atoms with E-state index in [-0.39, 0.29) is 5.69 Å². The average molecular weight is 180 g/mol. The van der Waals surface area contributed by atoms with E-state index < -0.39 is 5.97 Å². The summed E-state index contributed by atoms with van der Waals surface area (Å²) in [4.78, 5) is 15.7. The number of carboxylic acids is 1. The van der Waals surface area contributed by atoms with Crippen LogP contribution in [0.1, 0.15) is 22.6 Å². The maximum Gasteiger partial charge on any atom is 0.352 e. The van der Waals surface area contributed by atoms with Crippen LogP contribution in [-0.4, -0.2) is 34.0 Å². The van der Waals surface area contributed by atoms with Gasteiger partial charge >= 0.3 is 5.97 Å². The second kappa shape index (κ2) is 3.22. The molecule has 0 saturated carbocycles. The highest BCUT2D eigenvalue weighted by atomic mass is 16.4. The zero-order valence-electron chi connectivity index (χ0n) is 7.29. The molecule has 0 unspecified atom stereocenters. The minimum Gasteiger partial charge on any atom is -0.477 e. The average Bonchev–Trinajstić information content (AvgIpc) is 2.44. The molecule has 4 nitrogen and oxygen atoms in total. The Morgan fingerprint density at radius 2 is 2.31 bits per heavy atom. The Morgan fingerprint density at radius 1 is 1.54 bits per heavy atom. The van der Waals surface area contributed by atoms with E-state index in [4.69, 9.17) is 5.11 Å². The summed E-state index contributed by atoms with van der Waals surface area (Å²) >= 11 is 0. The number of carboxylic acid groups (broad SMARTS) is 1. The Balaban J connectivity index is 2.00. The lowest BCUT2D eigenvalue weighted by Crippen LogP contribution is -2.36. The third kappa shape index (κ3) is 1.72. The van der Waals surface area contributed by atoms with Gasteiger partial charge in [-0.1, -0.05) is 0 Å². The van der Waals surface area contributed by atoms with Crippen LogP contribution in [-0.2, 0) is 6.54 Å². The number of nitrogens with zero attached hydrogens (tertiary/aromatic N) is 1. The predicted molar refractivity (Wildman–Crippen MR) is 47.6 cm³/mol. The molecule has 1 saturated heterocycles. The summed E-state index contributed by atoms with van der Waals surface area (Å²) < 4.78 is 0. The maximum absolute atomic E-state index is 10.5. The molecule has 0 radical (unpaired) electrons. The highest BCUT2D eigenvalue weighted by Crippen LogP contribution is 2.11. The molecule has 2 rings (SSSR count). The van der Waals surface area contributed by atoms with Crippen LogP contribution in [0, 0.1) is 0 Å². The van der Waals surface area contributed by atoms with E-state index in [0.29, 0.717) is 0 Å². The summed E-state index contributed by atoms with van der Waals surface area (Å²) in [5, 5.41) is 8.66. The Labute approximate surface area is 76.2 Å². The standard InChI is InChI=1S/C9H12N2O2/c12-9(13)8-3-2-7(10-8)6-11-4-1-5-11/h2-3,10H,1,4-6H2,(H,12,13). The van der Waals surface area contributed by atoms with E-state index in [0.717, 1.165) is 25.3 Å². The molecule has 0 aliphatic carbocycles. The predicted octanol–water partition coefficient (Wildman–Crippen LogP) is 0.919. The van der Waals surface area contributed by atoms with Gasteiger partial charge in [0.15, 0.2) is 0 Å². The molecule has 1 aromatic rings. The van der Waals surface area contributed by atoms with Crippen molar-refractivity contribution in [3.05, 3.63) is 23.5 Å². The first-order chi connectivity index (χ1) is 6.25. The Hall–Kier alpha value is -1.29. The number of carbonyl (C=O) groups is 1. The van der Waals surface area contributed by atoms with Crippen molar-refractivity contribution in [2.24, 2.45) is 0 Å². The number of hydrogen-bond acceptors (Lipinski definition) is 2. The summed E-state index contributed by atoms with van der Waals surface area (Å²) in [5.74, 6) is -0.894. The molecule has 0 amide bonds. The fourth-order valence-electron chi connectivity index (χ4n) is 1.44. The number of likely N-dealkylation sites (tertiary alicyclic amines) is 1. The first-order valence-corrected chi connectivity index (χ1v) is 4.39. The lowest BCUT2D eigenvalue weighted by Gasteiger charge is -2.29. The van der Waals surface area contributed by atoms with E-state index in [1.165, 1.54) is 6.42 Å². The van der Waals surface area contributed by atoms with Crippen LogP contribution >= 0.6 is 0 Å². The number of hydrogen-bond donors (Lipinski definition) is 2. The highest BCUT2D eigenvalue weighted by molar-refractivity contribution is 5.85. The first-order valence-electron chi connectivity index (χ1n) is 4.39. The van der Waals surface area contributed by atoms with Crippen LogP contribution in [0.15, 0.2) is 12.1 Å². The van der Waals surface area contributed by atoms with Gasteiger partial charge in [-0.15, -0.1) is 0 Å². The molecule has 0 aromatic carbocycles. The SMILES string of the molecule is O=C(O)c1ccc(CN2CCC2)[nH]1. The van der Waals surface area contributed by atoms with Gasteiger partial charge < -0.3 is 10.1 Å². The monoisotopic (exact) mass is 180 g/mol. The molecular formula is C9H12N2O2. The van der Waals surface area contributed by atoms with Crippen molar-refractivity contribution in [1.29, 1.82) is 0 Å². The van der Waals surface area contributed by atoms with Crippen molar-refractivity contribution in [3.8, 4) is 0 Å². The van der Waals surface area contributed by atoms with Crippen molar-refractivity contribution in [1.82, 2.24) is 9.88 Å². The number of aromatic amines is 1. The minimum absolute atomic E-state index is 0.274. The fourth-order valence-corrected chi connectivity index (χ4v) is 1.44. The van der Waals surface area contributed by atoms with Gasteiger partial charge in [-0.05, 0) is 31.6 Å². The van der Waals surface area contributed by atoms with Crippen molar-refractivity contribution < 1.29 is 9.90 Å². The van der Waals surface area contributed by atoms with Gasteiger partial charge in [-0.3, -0.25) is 4.90 Å². The summed E-state index contributed by atoms with van der Waals surface area (Å²) in [7, 11) is 0. The molecular weight excluding hydrogens is 168 g/mol. The van der Waals surface area contributed by atoms with Crippen LogP contribution in [0.4, 0.5) is 0 Å². The molecule has 1 fully saturated rings. The summed E-state index contributed by atoms with van der Waals surface area (Å²) in [6.07, 6.45) is 1.26. The summed E-state index contributed by atoms with van der Waals surface area (Å²) in [6.45, 7) is 3.09. The van der Waals surface area contributed by atoms with E-state index in [9.17, 15) is 4.79 Å². The van der Waals surface area contributed by atoms with Crippen LogP contribution in [0.3, 0.4) is 0 Å². The Bertz CT molecular complexity index is 315. The third-order valence-electron chi connectivity index (χ3n) is 2.32. The fraction of sp³-hybridized carbons (Fsp3) is 0.444. The topological polar surface area (TPSA) is 56.3 Å². The van der Waals surface area contributed by atoms with Gasteiger partial charge in [0, 0.05) is 12.2 Å². The zero-order valence-corrected chi connectivity index (χ0v) is 7.29. The number of nitrogens with one attached hydrogen (secondary N) is 1. The van der Waals surface area contributed by atoms with Crippen molar-refractivity contribution in [3.63, 3.8) is 0 Å². The van der Waals surface area contributed by atoms with E-state index in [1.807, 2.05) is 6.07 Å². The number of rotatable bonds is 3. The van der Waals surface area contributed by atoms with Gasteiger partial charge in [-0.25, -0.2) is 4.79 Å². The van der Waals surface area contributed by atoms with Crippen molar-refractivity contribution in [2.75, 3.05) is 13.1 Å². The molecule has 13 heavy (non-hydrogen) atoms. The number of aromatic carboxylic acids is 1. The quantitative estimate of drug-likeness (QED) is 0.727. The second-order valence-corrected chi connectivity index (χ2v) is 3.33. The lowest BCUT2D eigenvalue weighted by molar-refractivity contribution is 0.0690. The molecule has 70 valence electrons. The van der Waals surface area contributed by atoms with Gasteiger partial charge in [0.05, 0.1) is 0 Å². The molecule has 4 heteroatoms. The molecule has 1 aliphatic rings. The second-order valence-electron chi connectivity index (χ2n) is 3.33. The van der Waals surface area contributed by atoms with Gasteiger partial charge in [-0.2, -0.15) is 0 Å². The molecule has 1 aromatic heterocycles. The van der Waals surface area contributed by atoms with E-state index in [2.05, 4.69) is 9.88 Å². The summed E-state index contributed by atoms with van der Waals surface area (Å²) in [5.41, 5.74) is 1.26. The molecule has 2 N–H and O–H groups in total. The maximum atomic E-state index is 10.5. The Kier molecular flexibility index (Phi) is 2.06. The van der Waals surface area contributed by atoms with Crippen LogP contribution in [0.2, 0.25) is 0 Å². The molecule has 2 heterocycles. The Morgan fingerprint density at radius 3 is 2.77 bits per heavy atom. The summed E-state index contributed by atoms with van der Waals surface area (Å²) in [6, 6.07) is 3.44. The molecule has 0 atom stereocenters. The molecule has 0 bridgehead atoms. The molecule has 0 spiro atoms. The normalized spacial score (nSPS) is 16.9. The largest absolute Gasteiger partial charge is 0.477 e. The zero-order chi connectivity index (χ0) is 9.26. The number of aromatic nitrogens is 1. The van der Waals surface area contributed by atoms with Crippen LogP contribution in [0.5, 0.6) is 0 Å². The number of H-pyrrole nitrogens is 1. The van der Waals surface area contributed by atoms with Crippen LogP contribution in [0.25, 0.3) is 0 Å². The minimum atomic E-state index is -0.894. The van der Waals surface area contributed by atoms with Gasteiger partial charge in [0.2, 0.25) is 0 Å². The molecule has 1 aliphatic heterocycles. The van der Waals surface area contributed by atoms with E-state index >= 15 is 0 Å². The third-order valence-corrected chi connectivity index (χ3v) is 2.32. The lowest BCUT2D eigenvalue weighted by atomic mass is 10.2. The smallest absolute Gasteiger partial charge is 0.352 e. The van der Waals surface area contributed by atoms with Gasteiger partial charge in [0.1, 0.15) is 5.69 Å².